The SMILES string of the molecule is CC(C)[C@H](NC(=O)[C@H](CO)NC(=O)[C@H](Cc1ccc(O)cc1)NC(=O)[C@H](CO)NC(=O)[C@H](CCC(=O)O)NC(=O)[C@H](CCCCN)NC(=O)[C@@H](N)CCCN=C(N)N)C(=O)O. The van der Waals surface area contributed by atoms with Crippen LogP contribution in [-0.4, -0.2) is 147 Å². The molecule has 0 aliphatic heterocycles. The number of amides is 6. The highest BCUT2D eigenvalue weighted by atomic mass is 16.4. The summed E-state index contributed by atoms with van der Waals surface area (Å²) in [4.78, 5) is 107. The van der Waals surface area contributed by atoms with Crippen molar-refractivity contribution in [2.45, 2.75) is 108 Å². The fourth-order valence-corrected chi connectivity index (χ4v) is 5.55. The van der Waals surface area contributed by atoms with Crippen molar-refractivity contribution in [1.82, 2.24) is 31.9 Å². The maximum atomic E-state index is 13.6. The Kier molecular flexibility index (Phi) is 23.9. The van der Waals surface area contributed by atoms with E-state index in [2.05, 4.69) is 36.9 Å². The van der Waals surface area contributed by atoms with Crippen LogP contribution in [0.2, 0.25) is 0 Å². The highest BCUT2D eigenvalue weighted by Gasteiger charge is 2.34. The number of aliphatic hydroxyl groups is 2. The maximum Gasteiger partial charge on any atom is 0.326 e. The monoisotopic (exact) mass is 867 g/mol. The lowest BCUT2D eigenvalue weighted by atomic mass is 10.0. The number of carbonyl (C=O) groups excluding carboxylic acids is 6. The molecule has 24 nitrogen and oxygen atoms in total. The number of aliphatic carboxylic acids is 2. The summed E-state index contributed by atoms with van der Waals surface area (Å²) < 4.78 is 0. The Labute approximate surface area is 352 Å². The van der Waals surface area contributed by atoms with E-state index in [0.717, 1.165) is 0 Å². The molecule has 0 bridgehead atoms. The number of aliphatic hydroxyl groups excluding tert-OH is 2. The van der Waals surface area contributed by atoms with Crippen molar-refractivity contribution in [3.63, 3.8) is 0 Å². The second-order valence-electron chi connectivity index (χ2n) is 14.4. The molecule has 1 aromatic carbocycles. The highest BCUT2D eigenvalue weighted by Crippen LogP contribution is 2.13. The Morgan fingerprint density at radius 1 is 0.639 bits per heavy atom. The summed E-state index contributed by atoms with van der Waals surface area (Å²) in [5, 5.41) is 62.6. The minimum absolute atomic E-state index is 0.0472. The smallest absolute Gasteiger partial charge is 0.326 e. The van der Waals surface area contributed by atoms with Crippen LogP contribution >= 0.6 is 0 Å². The third-order valence-corrected chi connectivity index (χ3v) is 9.03. The number of phenols is 1. The first-order chi connectivity index (χ1) is 28.7. The summed E-state index contributed by atoms with van der Waals surface area (Å²) in [5.41, 5.74) is 22.6. The van der Waals surface area contributed by atoms with Gasteiger partial charge in [0.2, 0.25) is 35.4 Å². The Morgan fingerprint density at radius 2 is 1.11 bits per heavy atom. The summed E-state index contributed by atoms with van der Waals surface area (Å²) in [5.74, 6) is -9.55. The van der Waals surface area contributed by atoms with Crippen LogP contribution in [0.25, 0.3) is 0 Å². The summed E-state index contributed by atoms with van der Waals surface area (Å²) >= 11 is 0. The number of unbranched alkanes of at least 4 members (excludes halogenated alkanes) is 1. The quantitative estimate of drug-likeness (QED) is 0.0203. The molecule has 19 N–H and O–H groups in total. The number of carbonyl (C=O) groups is 8. The molecule has 0 saturated carbocycles. The maximum absolute atomic E-state index is 13.6. The zero-order chi connectivity index (χ0) is 46.2. The van der Waals surface area contributed by atoms with E-state index in [1.54, 1.807) is 0 Å². The molecule has 0 heterocycles. The van der Waals surface area contributed by atoms with Gasteiger partial charge in [0, 0.05) is 19.4 Å². The van der Waals surface area contributed by atoms with Crippen molar-refractivity contribution in [2.75, 3.05) is 26.3 Å². The van der Waals surface area contributed by atoms with Gasteiger partial charge in [0.05, 0.1) is 19.3 Å². The molecule has 7 atom stereocenters. The van der Waals surface area contributed by atoms with Crippen molar-refractivity contribution < 1.29 is 63.9 Å². The van der Waals surface area contributed by atoms with Crippen LogP contribution in [0.15, 0.2) is 29.3 Å². The number of nitrogens with one attached hydrogen (secondary N) is 6. The van der Waals surface area contributed by atoms with E-state index in [1.165, 1.54) is 38.1 Å². The van der Waals surface area contributed by atoms with Crippen LogP contribution in [0.3, 0.4) is 0 Å². The van der Waals surface area contributed by atoms with Crippen LogP contribution in [0.1, 0.15) is 64.4 Å². The molecule has 342 valence electrons. The van der Waals surface area contributed by atoms with Gasteiger partial charge in [-0.05, 0) is 68.7 Å². The third-order valence-electron chi connectivity index (χ3n) is 9.03. The van der Waals surface area contributed by atoms with Gasteiger partial charge < -0.3 is 80.4 Å². The van der Waals surface area contributed by atoms with E-state index >= 15 is 0 Å². The second-order valence-corrected chi connectivity index (χ2v) is 14.4. The summed E-state index contributed by atoms with van der Waals surface area (Å²) in [7, 11) is 0. The highest BCUT2D eigenvalue weighted by molar-refractivity contribution is 5.97. The van der Waals surface area contributed by atoms with Crippen LogP contribution in [0, 0.1) is 5.92 Å². The average molecular weight is 868 g/mol. The number of guanidine groups is 1. The molecule has 24 heteroatoms. The summed E-state index contributed by atoms with van der Waals surface area (Å²) in [6.07, 6.45) is -0.0971. The van der Waals surface area contributed by atoms with Crippen molar-refractivity contribution in [1.29, 1.82) is 0 Å². The molecule has 0 saturated heterocycles. The standard InChI is InChI=1S/C37H61N11O13/c1-19(2)29(36(60)61)48-35(59)27(18-50)47-33(57)25(16-20-8-10-21(51)11-9-20)45-34(58)26(17-49)46-32(56)24(12-13-28(52)53)44-31(55)23(7-3-4-14-38)43-30(54)22(39)6-5-15-42-37(40)41/h8-11,19,22-27,29,49-51H,3-7,12-18,38-39H2,1-2H3,(H,43,54)(H,44,55)(H,45,58)(H,46,56)(H,47,57)(H,48,59)(H,52,53)(H,60,61)(H4,40,41,42)/t22-,23-,24-,25-,26-,27-,29-/m0/s1. The lowest BCUT2D eigenvalue weighted by Gasteiger charge is -2.27. The lowest BCUT2D eigenvalue weighted by Crippen LogP contribution is -2.61. The van der Waals surface area contributed by atoms with Crippen molar-refractivity contribution in [3.05, 3.63) is 29.8 Å². The average Bonchev–Trinajstić information content (AvgIpc) is 3.20. The van der Waals surface area contributed by atoms with Gasteiger partial charge in [-0.1, -0.05) is 26.0 Å². The zero-order valence-corrected chi connectivity index (χ0v) is 34.2. The van der Waals surface area contributed by atoms with Crippen LogP contribution in [0.4, 0.5) is 0 Å². The van der Waals surface area contributed by atoms with Crippen molar-refractivity contribution in [3.8, 4) is 5.75 Å². The van der Waals surface area contributed by atoms with Crippen LogP contribution in [-0.2, 0) is 44.8 Å². The minimum Gasteiger partial charge on any atom is -0.508 e. The Balaban J connectivity index is 3.30. The van der Waals surface area contributed by atoms with E-state index in [-0.39, 0.29) is 44.1 Å². The van der Waals surface area contributed by atoms with Gasteiger partial charge in [-0.15, -0.1) is 0 Å². The normalized spacial score (nSPS) is 14.4. The number of rotatable bonds is 29. The lowest BCUT2D eigenvalue weighted by molar-refractivity contribution is -0.144. The molecular weight excluding hydrogens is 806 g/mol. The summed E-state index contributed by atoms with van der Waals surface area (Å²) in [6, 6.07) is -5.02. The molecule has 1 aromatic rings. The van der Waals surface area contributed by atoms with Crippen molar-refractivity contribution >= 4 is 53.3 Å². The second kappa shape index (κ2) is 27.6. The van der Waals surface area contributed by atoms with Gasteiger partial charge in [-0.25, -0.2) is 4.79 Å². The molecule has 0 aliphatic rings. The number of nitrogens with zero attached hydrogens (tertiary/aromatic N) is 1. The van der Waals surface area contributed by atoms with Gasteiger partial charge in [-0.2, -0.15) is 0 Å². The molecule has 0 radical (unpaired) electrons. The number of aliphatic imine (C=N–C) groups is 1. The number of hydrogen-bond acceptors (Lipinski definition) is 14. The molecule has 0 unspecified atom stereocenters. The number of nitrogens with two attached hydrogens (primary N) is 4. The van der Waals surface area contributed by atoms with E-state index < -0.39 is 122 Å². The number of hydrogen-bond donors (Lipinski definition) is 15. The largest absolute Gasteiger partial charge is 0.508 e. The molecule has 61 heavy (non-hydrogen) atoms. The van der Waals surface area contributed by atoms with Crippen LogP contribution < -0.4 is 54.8 Å². The number of aromatic hydroxyl groups is 1. The number of benzene rings is 1. The summed E-state index contributed by atoms with van der Waals surface area (Å²) in [6.45, 7) is 1.45. The number of carboxylic acids is 2. The molecule has 1 rings (SSSR count). The molecule has 0 fully saturated rings. The number of phenolic OH excluding ortho intramolecular Hbond substituents is 1. The van der Waals surface area contributed by atoms with Gasteiger partial charge in [0.25, 0.3) is 0 Å². The first kappa shape index (κ1) is 52.9. The fourth-order valence-electron chi connectivity index (χ4n) is 5.55. The molecule has 0 spiro atoms. The van der Waals surface area contributed by atoms with Gasteiger partial charge >= 0.3 is 11.9 Å². The zero-order valence-electron chi connectivity index (χ0n) is 34.2. The Bertz CT molecular complexity index is 1660. The van der Waals surface area contributed by atoms with E-state index in [4.69, 9.17) is 22.9 Å². The molecular formula is C37H61N11O13. The predicted molar refractivity (Wildman–Crippen MR) is 218 cm³/mol. The van der Waals surface area contributed by atoms with E-state index in [1.807, 2.05) is 0 Å². The van der Waals surface area contributed by atoms with Gasteiger partial charge in [0.1, 0.15) is 42.0 Å². The third kappa shape index (κ3) is 20.1. The van der Waals surface area contributed by atoms with E-state index in [0.29, 0.717) is 24.8 Å². The van der Waals surface area contributed by atoms with Crippen molar-refractivity contribution in [2.24, 2.45) is 33.8 Å². The van der Waals surface area contributed by atoms with E-state index in [9.17, 15) is 63.9 Å². The van der Waals surface area contributed by atoms with Gasteiger partial charge in [0.15, 0.2) is 5.96 Å². The van der Waals surface area contributed by atoms with Gasteiger partial charge in [-0.3, -0.25) is 38.6 Å². The topological polar surface area (TPSA) is 426 Å². The number of carboxylic acid groups (broad SMARTS) is 2. The minimum atomic E-state index is -1.82. The molecule has 0 aliphatic carbocycles. The first-order valence-corrected chi connectivity index (χ1v) is 19.5. The molecule has 6 amide bonds. The fraction of sp³-hybridized carbons (Fsp3) is 0.595. The Morgan fingerprint density at radius 3 is 1.61 bits per heavy atom. The Hall–Kier alpha value is -6.11. The molecule has 0 aromatic heterocycles. The van der Waals surface area contributed by atoms with Crippen LogP contribution in [0.5, 0.6) is 5.75 Å². The predicted octanol–water partition coefficient (Wildman–Crippen LogP) is -5.06. The first-order valence-electron chi connectivity index (χ1n) is 19.5.